The number of amides is 1. The molecule has 12 nitrogen and oxygen atoms in total. The highest BCUT2D eigenvalue weighted by Crippen LogP contribution is 2.31. The van der Waals surface area contributed by atoms with Crippen LogP contribution in [0.3, 0.4) is 0 Å². The Morgan fingerprint density at radius 2 is 1.72 bits per heavy atom. The van der Waals surface area contributed by atoms with E-state index in [9.17, 15) is 35.4 Å². The first kappa shape index (κ1) is 31.0. The van der Waals surface area contributed by atoms with Crippen molar-refractivity contribution < 1.29 is 44.9 Å². The molecule has 0 unspecified atom stereocenters. The smallest absolute Gasteiger partial charge is 0.238 e. The summed E-state index contributed by atoms with van der Waals surface area (Å²) in [5.41, 5.74) is 2.57. The molecule has 5 atom stereocenters. The molecule has 39 heavy (non-hydrogen) atoms. The SMILES string of the molecule is CC(C)c1[nH]nc(O[C@@H]2O[C@H](CO)[C@@H](O)[C@H](O)[C@H]2O)c1Cc1ccc(CCCC(=O)NC(C)(CO)CO)cc1. The summed E-state index contributed by atoms with van der Waals surface area (Å²) < 4.78 is 11.3. The van der Waals surface area contributed by atoms with Crippen LogP contribution in [0, 0.1) is 0 Å². The van der Waals surface area contributed by atoms with E-state index in [1.165, 1.54) is 0 Å². The van der Waals surface area contributed by atoms with Gasteiger partial charge in [-0.25, -0.2) is 0 Å². The lowest BCUT2D eigenvalue weighted by Gasteiger charge is -2.39. The van der Waals surface area contributed by atoms with Gasteiger partial charge in [0.2, 0.25) is 18.1 Å². The highest BCUT2D eigenvalue weighted by molar-refractivity contribution is 5.76. The van der Waals surface area contributed by atoms with Crippen molar-refractivity contribution in [2.45, 2.75) is 88.6 Å². The first-order chi connectivity index (χ1) is 18.5. The molecule has 1 aromatic carbocycles. The van der Waals surface area contributed by atoms with E-state index < -0.39 is 42.9 Å². The normalized spacial score (nSPS) is 23.7. The van der Waals surface area contributed by atoms with E-state index in [1.54, 1.807) is 6.92 Å². The van der Waals surface area contributed by atoms with E-state index in [4.69, 9.17) is 9.47 Å². The van der Waals surface area contributed by atoms with Gasteiger partial charge < -0.3 is 45.4 Å². The minimum Gasteiger partial charge on any atom is -0.443 e. The summed E-state index contributed by atoms with van der Waals surface area (Å²) in [5, 5.41) is 68.5. The predicted molar refractivity (Wildman–Crippen MR) is 140 cm³/mol. The number of rotatable bonds is 13. The van der Waals surface area contributed by atoms with E-state index in [0.29, 0.717) is 19.3 Å². The van der Waals surface area contributed by atoms with Crippen molar-refractivity contribution in [3.8, 4) is 5.88 Å². The van der Waals surface area contributed by atoms with Crippen molar-refractivity contribution in [1.82, 2.24) is 15.5 Å². The number of aromatic nitrogens is 2. The molecular formula is C27H41N3O9. The summed E-state index contributed by atoms with van der Waals surface area (Å²) in [6.45, 7) is 4.32. The van der Waals surface area contributed by atoms with Crippen molar-refractivity contribution in [2.24, 2.45) is 0 Å². The van der Waals surface area contributed by atoms with E-state index in [1.807, 2.05) is 38.1 Å². The molecule has 1 saturated heterocycles. The largest absolute Gasteiger partial charge is 0.443 e. The van der Waals surface area contributed by atoms with E-state index in [2.05, 4.69) is 15.5 Å². The first-order valence-corrected chi connectivity index (χ1v) is 13.2. The average Bonchev–Trinajstić information content (AvgIpc) is 3.31. The van der Waals surface area contributed by atoms with E-state index in [-0.39, 0.29) is 37.3 Å². The van der Waals surface area contributed by atoms with Crippen molar-refractivity contribution >= 4 is 5.91 Å². The van der Waals surface area contributed by atoms with E-state index >= 15 is 0 Å². The van der Waals surface area contributed by atoms with Crippen LogP contribution in [-0.4, -0.2) is 103 Å². The number of nitrogens with one attached hydrogen (secondary N) is 2. The van der Waals surface area contributed by atoms with Crippen LogP contribution >= 0.6 is 0 Å². The molecule has 1 aliphatic rings. The number of ether oxygens (including phenoxy) is 2. The summed E-state index contributed by atoms with van der Waals surface area (Å²) in [7, 11) is 0. The minimum atomic E-state index is -1.56. The van der Waals surface area contributed by atoms with Gasteiger partial charge in [-0.05, 0) is 36.8 Å². The predicted octanol–water partition coefficient (Wildman–Crippen LogP) is -0.515. The quantitative estimate of drug-likeness (QED) is 0.160. The van der Waals surface area contributed by atoms with Gasteiger partial charge in [0.05, 0.1) is 25.4 Å². The zero-order valence-electron chi connectivity index (χ0n) is 22.6. The summed E-state index contributed by atoms with van der Waals surface area (Å²) >= 11 is 0. The van der Waals surface area contributed by atoms with Gasteiger partial charge in [-0.2, -0.15) is 0 Å². The van der Waals surface area contributed by atoms with Crippen molar-refractivity contribution in [2.75, 3.05) is 19.8 Å². The number of aliphatic hydroxyl groups excluding tert-OH is 6. The van der Waals surface area contributed by atoms with Crippen LogP contribution in [0.1, 0.15) is 61.9 Å². The molecule has 2 heterocycles. The van der Waals surface area contributed by atoms with Gasteiger partial charge in [0, 0.05) is 24.1 Å². The maximum absolute atomic E-state index is 12.1. The van der Waals surface area contributed by atoms with Crippen LogP contribution < -0.4 is 10.1 Å². The zero-order valence-corrected chi connectivity index (χ0v) is 22.6. The molecule has 1 amide bonds. The molecular weight excluding hydrogens is 510 g/mol. The molecule has 0 radical (unpaired) electrons. The fraction of sp³-hybridized carbons (Fsp3) is 0.630. The van der Waals surface area contributed by atoms with Gasteiger partial charge in [-0.3, -0.25) is 9.89 Å². The molecule has 3 rings (SSSR count). The molecule has 2 aromatic rings. The lowest BCUT2D eigenvalue weighted by Crippen LogP contribution is -2.60. The highest BCUT2D eigenvalue weighted by Gasteiger charge is 2.45. The lowest BCUT2D eigenvalue weighted by molar-refractivity contribution is -0.278. The van der Waals surface area contributed by atoms with Crippen molar-refractivity contribution in [3.05, 3.63) is 46.6 Å². The number of hydrogen-bond donors (Lipinski definition) is 8. The highest BCUT2D eigenvalue weighted by atomic mass is 16.7. The van der Waals surface area contributed by atoms with Crippen molar-refractivity contribution in [1.29, 1.82) is 0 Å². The monoisotopic (exact) mass is 551 g/mol. The number of carbonyl (C=O) groups is 1. The lowest BCUT2D eigenvalue weighted by atomic mass is 9.97. The Kier molecular flexibility index (Phi) is 10.8. The van der Waals surface area contributed by atoms with Crippen LogP contribution in [0.2, 0.25) is 0 Å². The summed E-state index contributed by atoms with van der Waals surface area (Å²) in [5.74, 6) is 0.0461. The van der Waals surface area contributed by atoms with Gasteiger partial charge in [0.1, 0.15) is 24.4 Å². The Morgan fingerprint density at radius 3 is 2.31 bits per heavy atom. The average molecular weight is 552 g/mol. The summed E-state index contributed by atoms with van der Waals surface area (Å²) in [6.07, 6.45) is -5.00. The minimum absolute atomic E-state index is 0.0867. The standard InChI is InChI=1S/C27H41N3O9/c1-15(2)21-18(25(30-29-21)39-26-24(37)23(36)22(35)19(12-31)38-26)11-17-9-7-16(8-10-17)5-4-6-20(34)28-27(3,13-32)14-33/h7-10,15,19,22-24,26,31-33,35-37H,4-6,11-14H2,1-3H3,(H,28,34)(H,29,30)/t19-,22-,23+,24-,26+/m1/s1. The molecule has 0 saturated carbocycles. The summed E-state index contributed by atoms with van der Waals surface area (Å²) in [6, 6.07) is 7.90. The maximum Gasteiger partial charge on any atom is 0.238 e. The van der Waals surface area contributed by atoms with E-state index in [0.717, 1.165) is 22.4 Å². The molecule has 8 N–H and O–H groups in total. The second-order valence-electron chi connectivity index (χ2n) is 10.7. The molecule has 12 heteroatoms. The Hall–Kier alpha value is -2.58. The van der Waals surface area contributed by atoms with Crippen LogP contribution in [-0.2, 0) is 22.4 Å². The third kappa shape index (κ3) is 7.76. The molecule has 1 aliphatic heterocycles. The Bertz CT molecular complexity index is 1050. The van der Waals surface area contributed by atoms with Crippen LogP contribution in [0.4, 0.5) is 0 Å². The Labute approximate surface area is 227 Å². The molecule has 1 fully saturated rings. The van der Waals surface area contributed by atoms with Gasteiger partial charge in [0.25, 0.3) is 0 Å². The van der Waals surface area contributed by atoms with Gasteiger partial charge in [-0.15, -0.1) is 5.10 Å². The maximum atomic E-state index is 12.1. The molecule has 218 valence electrons. The third-order valence-corrected chi connectivity index (χ3v) is 6.93. The second-order valence-corrected chi connectivity index (χ2v) is 10.7. The second kappa shape index (κ2) is 13.7. The molecule has 1 aromatic heterocycles. The number of benzene rings is 1. The molecule has 0 aliphatic carbocycles. The molecule has 0 spiro atoms. The van der Waals surface area contributed by atoms with Crippen molar-refractivity contribution in [3.63, 3.8) is 0 Å². The van der Waals surface area contributed by atoms with Crippen LogP contribution in [0.25, 0.3) is 0 Å². The van der Waals surface area contributed by atoms with Crippen LogP contribution in [0.5, 0.6) is 5.88 Å². The number of aliphatic hydroxyl groups is 6. The first-order valence-electron chi connectivity index (χ1n) is 13.2. The number of aryl methyl sites for hydroxylation is 1. The fourth-order valence-corrected chi connectivity index (χ4v) is 4.39. The third-order valence-electron chi connectivity index (χ3n) is 6.93. The molecule has 0 bridgehead atoms. The van der Waals surface area contributed by atoms with Gasteiger partial charge in [-0.1, -0.05) is 38.1 Å². The number of carbonyl (C=O) groups excluding carboxylic acids is 1. The number of nitrogens with zero attached hydrogens (tertiary/aromatic N) is 1. The van der Waals surface area contributed by atoms with Crippen LogP contribution in [0.15, 0.2) is 24.3 Å². The fourth-order valence-electron chi connectivity index (χ4n) is 4.39. The number of aromatic amines is 1. The Morgan fingerprint density at radius 1 is 1.08 bits per heavy atom. The number of hydrogen-bond acceptors (Lipinski definition) is 10. The van der Waals surface area contributed by atoms with Gasteiger partial charge in [0.15, 0.2) is 0 Å². The van der Waals surface area contributed by atoms with Gasteiger partial charge >= 0.3 is 0 Å². The topological polar surface area (TPSA) is 198 Å². The summed E-state index contributed by atoms with van der Waals surface area (Å²) in [4.78, 5) is 12.1. The number of H-pyrrole nitrogens is 1. The Balaban J connectivity index is 1.64. The zero-order chi connectivity index (χ0) is 28.7.